The topological polar surface area (TPSA) is 20.3 Å². The molecular weight excluding hydrogens is 210 g/mol. The van der Waals surface area contributed by atoms with Gasteiger partial charge in [-0.3, -0.25) is 4.79 Å². The second kappa shape index (κ2) is 6.53. The van der Waals surface area contributed by atoms with Crippen LogP contribution in [0, 0.1) is 11.8 Å². The molecule has 0 aromatic carbocycles. The summed E-state index contributed by atoms with van der Waals surface area (Å²) in [5.41, 5.74) is 0. The highest BCUT2D eigenvalue weighted by molar-refractivity contribution is 5.81. The Morgan fingerprint density at radius 2 is 1.88 bits per heavy atom. The zero-order valence-electron chi connectivity index (χ0n) is 11.3. The lowest BCUT2D eigenvalue weighted by atomic mass is 9.92. The fraction of sp³-hybridized carbons (Fsp3) is 0.933. The molecule has 2 heteroatoms. The minimum atomic E-state index is 0.357. The standard InChI is InChI=1S/C15H27NO/c1-2-13-8-10-16(11-9-13)12-14-6-4-3-5-7-15(14)17/h13-14H,2-12H2,1H3. The van der Waals surface area contributed by atoms with E-state index in [2.05, 4.69) is 11.8 Å². The van der Waals surface area contributed by atoms with Crippen molar-refractivity contribution in [3.05, 3.63) is 0 Å². The van der Waals surface area contributed by atoms with Crippen molar-refractivity contribution in [1.29, 1.82) is 0 Å². The van der Waals surface area contributed by atoms with Gasteiger partial charge in [0, 0.05) is 18.9 Å². The van der Waals surface area contributed by atoms with Crippen molar-refractivity contribution < 1.29 is 4.79 Å². The van der Waals surface area contributed by atoms with Gasteiger partial charge >= 0.3 is 0 Å². The third-order valence-electron chi connectivity index (χ3n) is 4.69. The molecule has 98 valence electrons. The van der Waals surface area contributed by atoms with Gasteiger partial charge in [-0.25, -0.2) is 0 Å². The van der Waals surface area contributed by atoms with Gasteiger partial charge in [-0.2, -0.15) is 0 Å². The second-order valence-corrected chi connectivity index (χ2v) is 5.91. The summed E-state index contributed by atoms with van der Waals surface area (Å²) < 4.78 is 0. The van der Waals surface area contributed by atoms with E-state index in [1.165, 1.54) is 45.2 Å². The van der Waals surface area contributed by atoms with Gasteiger partial charge in [-0.1, -0.05) is 26.2 Å². The lowest BCUT2D eigenvalue weighted by molar-refractivity contribution is -0.123. The Hall–Kier alpha value is -0.370. The molecule has 1 aliphatic heterocycles. The molecule has 17 heavy (non-hydrogen) atoms. The molecule has 1 unspecified atom stereocenters. The normalized spacial score (nSPS) is 29.2. The van der Waals surface area contributed by atoms with Crippen molar-refractivity contribution >= 4 is 5.78 Å². The first-order valence-electron chi connectivity index (χ1n) is 7.54. The Labute approximate surface area is 106 Å². The lowest BCUT2D eigenvalue weighted by Crippen LogP contribution is -2.38. The van der Waals surface area contributed by atoms with Crippen molar-refractivity contribution in [1.82, 2.24) is 4.90 Å². The van der Waals surface area contributed by atoms with Crippen LogP contribution >= 0.6 is 0 Å². The first-order valence-corrected chi connectivity index (χ1v) is 7.54. The number of ketones is 1. The van der Waals surface area contributed by atoms with Crippen LogP contribution in [0.4, 0.5) is 0 Å². The van der Waals surface area contributed by atoms with E-state index in [-0.39, 0.29) is 0 Å². The molecule has 1 saturated carbocycles. The number of hydrogen-bond acceptors (Lipinski definition) is 2. The summed E-state index contributed by atoms with van der Waals surface area (Å²) in [5.74, 6) is 1.84. The van der Waals surface area contributed by atoms with Crippen molar-refractivity contribution in [2.75, 3.05) is 19.6 Å². The fourth-order valence-corrected chi connectivity index (χ4v) is 3.31. The molecule has 2 fully saturated rings. The van der Waals surface area contributed by atoms with Gasteiger partial charge in [0.2, 0.25) is 0 Å². The van der Waals surface area contributed by atoms with Crippen LogP contribution < -0.4 is 0 Å². The smallest absolute Gasteiger partial charge is 0.137 e. The molecule has 1 aliphatic carbocycles. The Morgan fingerprint density at radius 3 is 2.59 bits per heavy atom. The zero-order chi connectivity index (χ0) is 12.1. The molecule has 1 saturated heterocycles. The maximum atomic E-state index is 12.0. The van der Waals surface area contributed by atoms with E-state index in [0.29, 0.717) is 11.7 Å². The predicted octanol–water partition coefficient (Wildman–Crippen LogP) is 3.26. The molecule has 0 radical (unpaired) electrons. The van der Waals surface area contributed by atoms with E-state index in [1.807, 2.05) is 0 Å². The minimum absolute atomic E-state index is 0.357. The van der Waals surface area contributed by atoms with E-state index in [1.54, 1.807) is 0 Å². The van der Waals surface area contributed by atoms with Crippen LogP contribution in [-0.2, 0) is 4.79 Å². The number of piperidine rings is 1. The molecule has 0 N–H and O–H groups in total. The highest BCUT2D eigenvalue weighted by Gasteiger charge is 2.25. The molecule has 0 bridgehead atoms. The Balaban J connectivity index is 1.78. The van der Waals surface area contributed by atoms with Crippen LogP contribution in [0.2, 0.25) is 0 Å². The Kier molecular flexibility index (Phi) is 5.02. The summed E-state index contributed by atoms with van der Waals surface area (Å²) in [5, 5.41) is 0. The number of likely N-dealkylation sites (tertiary alicyclic amines) is 1. The molecule has 0 aromatic rings. The molecular formula is C15H27NO. The minimum Gasteiger partial charge on any atom is -0.303 e. The van der Waals surface area contributed by atoms with E-state index in [4.69, 9.17) is 0 Å². The lowest BCUT2D eigenvalue weighted by Gasteiger charge is -2.33. The van der Waals surface area contributed by atoms with Crippen molar-refractivity contribution in [3.8, 4) is 0 Å². The number of hydrogen-bond donors (Lipinski definition) is 0. The summed E-state index contributed by atoms with van der Waals surface area (Å²) in [6.07, 6.45) is 9.67. The Bertz CT molecular complexity index is 243. The maximum Gasteiger partial charge on any atom is 0.137 e. The van der Waals surface area contributed by atoms with Gasteiger partial charge in [-0.05, 0) is 44.7 Å². The van der Waals surface area contributed by atoms with Crippen LogP contribution in [0.1, 0.15) is 58.3 Å². The average Bonchev–Trinajstić information content (AvgIpc) is 2.56. The van der Waals surface area contributed by atoms with Crippen LogP contribution in [0.15, 0.2) is 0 Å². The Morgan fingerprint density at radius 1 is 1.12 bits per heavy atom. The number of nitrogens with zero attached hydrogens (tertiary/aromatic N) is 1. The quantitative estimate of drug-likeness (QED) is 0.702. The molecule has 0 amide bonds. The summed E-state index contributed by atoms with van der Waals surface area (Å²) in [6.45, 7) is 5.80. The van der Waals surface area contributed by atoms with E-state index < -0.39 is 0 Å². The summed E-state index contributed by atoms with van der Waals surface area (Å²) in [7, 11) is 0. The highest BCUT2D eigenvalue weighted by atomic mass is 16.1. The summed E-state index contributed by atoms with van der Waals surface area (Å²) >= 11 is 0. The van der Waals surface area contributed by atoms with Gasteiger partial charge in [0.25, 0.3) is 0 Å². The first kappa shape index (κ1) is 13.1. The molecule has 0 spiro atoms. The highest BCUT2D eigenvalue weighted by Crippen LogP contribution is 2.24. The second-order valence-electron chi connectivity index (χ2n) is 5.91. The SMILES string of the molecule is CCC1CCN(CC2CCCCCC2=O)CC1. The van der Waals surface area contributed by atoms with Gasteiger partial charge in [-0.15, -0.1) is 0 Å². The molecule has 1 atom stereocenters. The fourth-order valence-electron chi connectivity index (χ4n) is 3.31. The predicted molar refractivity (Wildman–Crippen MR) is 71.0 cm³/mol. The maximum absolute atomic E-state index is 12.0. The first-order chi connectivity index (χ1) is 8.29. The van der Waals surface area contributed by atoms with Gasteiger partial charge in [0.05, 0.1) is 0 Å². The van der Waals surface area contributed by atoms with E-state index >= 15 is 0 Å². The number of carbonyl (C=O) groups is 1. The van der Waals surface area contributed by atoms with E-state index in [0.717, 1.165) is 31.7 Å². The van der Waals surface area contributed by atoms with Gasteiger partial charge in [0.15, 0.2) is 0 Å². The number of Topliss-reactive ketones (excluding diaryl/α,β-unsaturated/α-hetero) is 1. The van der Waals surface area contributed by atoms with Crippen LogP contribution in [-0.4, -0.2) is 30.3 Å². The van der Waals surface area contributed by atoms with Crippen LogP contribution in [0.5, 0.6) is 0 Å². The van der Waals surface area contributed by atoms with Crippen molar-refractivity contribution in [2.45, 2.75) is 58.3 Å². The monoisotopic (exact) mass is 237 g/mol. The van der Waals surface area contributed by atoms with E-state index in [9.17, 15) is 4.79 Å². The van der Waals surface area contributed by atoms with Crippen molar-refractivity contribution in [2.24, 2.45) is 11.8 Å². The largest absolute Gasteiger partial charge is 0.303 e. The summed E-state index contributed by atoms with van der Waals surface area (Å²) in [4.78, 5) is 14.5. The molecule has 2 rings (SSSR count). The van der Waals surface area contributed by atoms with Crippen LogP contribution in [0.3, 0.4) is 0 Å². The molecule has 2 nitrogen and oxygen atoms in total. The third kappa shape index (κ3) is 3.80. The molecule has 0 aromatic heterocycles. The van der Waals surface area contributed by atoms with Gasteiger partial charge in [0.1, 0.15) is 5.78 Å². The van der Waals surface area contributed by atoms with Gasteiger partial charge < -0.3 is 4.90 Å². The molecule has 2 aliphatic rings. The molecule has 1 heterocycles. The van der Waals surface area contributed by atoms with Crippen LogP contribution in [0.25, 0.3) is 0 Å². The third-order valence-corrected chi connectivity index (χ3v) is 4.69. The average molecular weight is 237 g/mol. The zero-order valence-corrected chi connectivity index (χ0v) is 11.3. The number of carbonyl (C=O) groups excluding carboxylic acids is 1. The summed E-state index contributed by atoms with van der Waals surface area (Å²) in [6, 6.07) is 0. The van der Waals surface area contributed by atoms with Crippen molar-refractivity contribution in [3.63, 3.8) is 0 Å². The number of rotatable bonds is 3.